The zero-order chi connectivity index (χ0) is 27.5. The highest BCUT2D eigenvalue weighted by atomic mass is 14.2. The van der Waals surface area contributed by atoms with Gasteiger partial charge in [0.1, 0.15) is 0 Å². The molecule has 0 radical (unpaired) electrons. The maximum absolute atomic E-state index is 4.43. The molecule has 0 unspecified atom stereocenters. The first-order valence-electron chi connectivity index (χ1n) is 13.5. The van der Waals surface area contributed by atoms with E-state index in [4.69, 9.17) is 0 Å². The summed E-state index contributed by atoms with van der Waals surface area (Å²) in [4.78, 5) is 0. The normalized spacial score (nSPS) is 11.2. The molecule has 0 saturated carbocycles. The highest BCUT2D eigenvalue weighted by molar-refractivity contribution is 6.16. The van der Waals surface area contributed by atoms with Gasteiger partial charge in [0.15, 0.2) is 0 Å². The molecule has 6 rings (SSSR count). The lowest BCUT2D eigenvalue weighted by atomic mass is 9.82. The second kappa shape index (κ2) is 10.9. The molecule has 0 heterocycles. The van der Waals surface area contributed by atoms with Crippen LogP contribution in [0.4, 0.5) is 0 Å². The fraction of sp³-hybridized carbons (Fsp3) is 0. The Labute approximate surface area is 236 Å². The monoisotopic (exact) mass is 510 g/mol. The fourth-order valence-electron chi connectivity index (χ4n) is 5.76. The van der Waals surface area contributed by atoms with Crippen LogP contribution in [0.3, 0.4) is 0 Å². The van der Waals surface area contributed by atoms with E-state index in [0.717, 1.165) is 27.8 Å². The minimum Gasteiger partial charge on any atom is -0.0984 e. The maximum atomic E-state index is 4.43. The smallest absolute Gasteiger partial charge is 0.00203 e. The molecule has 0 atom stereocenters. The van der Waals surface area contributed by atoms with Crippen molar-refractivity contribution in [1.29, 1.82) is 0 Å². The summed E-state index contributed by atoms with van der Waals surface area (Å²) in [7, 11) is 0. The molecule has 6 aromatic carbocycles. The lowest BCUT2D eigenvalue weighted by Gasteiger charge is -2.21. The molecular weight excluding hydrogens is 480 g/mol. The molecule has 0 aliphatic carbocycles. The zero-order valence-electron chi connectivity index (χ0n) is 22.5. The molecule has 0 bridgehead atoms. The number of benzene rings is 6. The van der Waals surface area contributed by atoms with Gasteiger partial charge in [0, 0.05) is 0 Å². The van der Waals surface area contributed by atoms with Crippen LogP contribution in [-0.2, 0) is 0 Å². The minimum atomic E-state index is 0.978. The SMILES string of the molecule is C=Cc1c(C=C)c(-c2ccc(C(=C)/C=C\c3ccccc3)c3ccccc23)c2ccccc2c1-c1ccccc1. The van der Waals surface area contributed by atoms with E-state index in [1.54, 1.807) is 0 Å². The number of hydrogen-bond donors (Lipinski definition) is 0. The summed E-state index contributed by atoms with van der Waals surface area (Å²) < 4.78 is 0. The van der Waals surface area contributed by atoms with Crippen molar-refractivity contribution in [2.45, 2.75) is 0 Å². The van der Waals surface area contributed by atoms with Gasteiger partial charge < -0.3 is 0 Å². The average Bonchev–Trinajstić information content (AvgIpc) is 3.02. The molecule has 0 saturated heterocycles. The average molecular weight is 511 g/mol. The van der Waals surface area contributed by atoms with Gasteiger partial charge in [-0.05, 0) is 71.6 Å². The molecule has 40 heavy (non-hydrogen) atoms. The van der Waals surface area contributed by atoms with Crippen molar-refractivity contribution in [2.75, 3.05) is 0 Å². The first-order chi connectivity index (χ1) is 19.7. The zero-order valence-corrected chi connectivity index (χ0v) is 22.5. The van der Waals surface area contributed by atoms with Crippen LogP contribution in [0.25, 0.3) is 67.6 Å². The Morgan fingerprint density at radius 2 is 1.02 bits per heavy atom. The Morgan fingerprint density at radius 3 is 1.68 bits per heavy atom. The van der Waals surface area contributed by atoms with Gasteiger partial charge in [0.05, 0.1) is 0 Å². The van der Waals surface area contributed by atoms with E-state index < -0.39 is 0 Å². The molecule has 0 aliphatic heterocycles. The van der Waals surface area contributed by atoms with E-state index in [-0.39, 0.29) is 0 Å². The summed E-state index contributed by atoms with van der Waals surface area (Å²) >= 11 is 0. The highest BCUT2D eigenvalue weighted by Gasteiger charge is 2.20. The number of allylic oxidation sites excluding steroid dienone is 2. The summed E-state index contributed by atoms with van der Waals surface area (Å²) in [5.41, 5.74) is 10.2. The molecule has 0 N–H and O–H groups in total. The van der Waals surface area contributed by atoms with Crippen LogP contribution in [0.2, 0.25) is 0 Å². The first kappa shape index (κ1) is 25.1. The highest BCUT2D eigenvalue weighted by Crippen LogP contribution is 2.45. The van der Waals surface area contributed by atoms with Crippen LogP contribution in [0.15, 0.2) is 147 Å². The summed E-state index contributed by atoms with van der Waals surface area (Å²) in [6, 6.07) is 42.6. The largest absolute Gasteiger partial charge is 0.0984 e. The maximum Gasteiger partial charge on any atom is -0.00203 e. The second-order valence-electron chi connectivity index (χ2n) is 9.87. The number of fused-ring (bicyclic) bond motifs is 2. The van der Waals surface area contributed by atoms with E-state index in [2.05, 4.69) is 147 Å². The van der Waals surface area contributed by atoms with Gasteiger partial charge in [0.25, 0.3) is 0 Å². The Balaban J connectivity index is 1.61. The van der Waals surface area contributed by atoms with Crippen LogP contribution in [0.1, 0.15) is 22.3 Å². The summed E-state index contributed by atoms with van der Waals surface area (Å²) in [5, 5.41) is 4.76. The quantitative estimate of drug-likeness (QED) is 0.187. The predicted octanol–water partition coefficient (Wildman–Crippen LogP) is 11.3. The van der Waals surface area contributed by atoms with E-state index in [9.17, 15) is 0 Å². The van der Waals surface area contributed by atoms with Gasteiger partial charge in [-0.2, -0.15) is 0 Å². The van der Waals surface area contributed by atoms with Crippen LogP contribution in [-0.4, -0.2) is 0 Å². The molecule has 190 valence electrons. The lowest BCUT2D eigenvalue weighted by molar-refractivity contribution is 1.59. The van der Waals surface area contributed by atoms with E-state index in [1.807, 2.05) is 18.2 Å². The lowest BCUT2D eigenvalue weighted by Crippen LogP contribution is -1.97. The van der Waals surface area contributed by atoms with Gasteiger partial charge in [-0.15, -0.1) is 0 Å². The molecule has 0 aromatic heterocycles. The molecule has 6 aromatic rings. The van der Waals surface area contributed by atoms with Gasteiger partial charge in [-0.25, -0.2) is 0 Å². The van der Waals surface area contributed by atoms with Gasteiger partial charge >= 0.3 is 0 Å². The minimum absolute atomic E-state index is 0.978. The molecule has 0 fully saturated rings. The van der Waals surface area contributed by atoms with E-state index >= 15 is 0 Å². The van der Waals surface area contributed by atoms with Crippen LogP contribution in [0.5, 0.6) is 0 Å². The topological polar surface area (TPSA) is 0 Å². The third-order valence-corrected chi connectivity index (χ3v) is 7.58. The molecule has 0 heteroatoms. The Kier molecular flexibility index (Phi) is 6.83. The summed E-state index contributed by atoms with van der Waals surface area (Å²) in [6.45, 7) is 13.0. The molecule has 0 nitrogen and oxygen atoms in total. The third-order valence-electron chi connectivity index (χ3n) is 7.58. The third kappa shape index (κ3) is 4.40. The molecule has 0 amide bonds. The summed E-state index contributed by atoms with van der Waals surface area (Å²) in [6.07, 6.45) is 8.18. The second-order valence-corrected chi connectivity index (χ2v) is 9.87. The Bertz CT molecular complexity index is 1920. The van der Waals surface area contributed by atoms with Crippen molar-refractivity contribution >= 4 is 45.3 Å². The Morgan fingerprint density at radius 1 is 0.500 bits per heavy atom. The van der Waals surface area contributed by atoms with Gasteiger partial charge in [0.2, 0.25) is 0 Å². The number of hydrogen-bond acceptors (Lipinski definition) is 0. The van der Waals surface area contributed by atoms with Crippen molar-refractivity contribution in [1.82, 2.24) is 0 Å². The fourth-order valence-corrected chi connectivity index (χ4v) is 5.76. The van der Waals surface area contributed by atoms with Crippen LogP contribution < -0.4 is 0 Å². The van der Waals surface area contributed by atoms with Crippen molar-refractivity contribution in [2.24, 2.45) is 0 Å². The molecule has 0 aliphatic rings. The molecular formula is C40H30. The van der Waals surface area contributed by atoms with Crippen molar-refractivity contribution in [3.8, 4) is 22.3 Å². The van der Waals surface area contributed by atoms with Crippen LogP contribution >= 0.6 is 0 Å². The van der Waals surface area contributed by atoms with E-state index in [1.165, 1.54) is 43.8 Å². The first-order valence-corrected chi connectivity index (χ1v) is 13.5. The van der Waals surface area contributed by atoms with Crippen molar-refractivity contribution in [3.05, 3.63) is 169 Å². The predicted molar refractivity (Wildman–Crippen MR) is 177 cm³/mol. The van der Waals surface area contributed by atoms with Gasteiger partial charge in [-0.3, -0.25) is 0 Å². The van der Waals surface area contributed by atoms with Crippen LogP contribution in [0, 0.1) is 0 Å². The van der Waals surface area contributed by atoms with E-state index in [0.29, 0.717) is 0 Å². The Hall–Kier alpha value is -5.20. The summed E-state index contributed by atoms with van der Waals surface area (Å²) in [5.74, 6) is 0. The van der Waals surface area contributed by atoms with Crippen molar-refractivity contribution in [3.63, 3.8) is 0 Å². The molecule has 0 spiro atoms. The standard InChI is InChI=1S/C40H30/c1-4-31-32(5-2)40(37-23-15-14-22-36(37)39(31)30-18-10-7-11-19-30)38-27-26-33(34-20-12-13-21-35(34)38)28(3)24-25-29-16-8-6-9-17-29/h4-27H,1-3H2/b25-24-. The van der Waals surface area contributed by atoms with Gasteiger partial charge in [-0.1, -0.05) is 165 Å². The van der Waals surface area contributed by atoms with Crippen molar-refractivity contribution < 1.29 is 0 Å². The number of rotatable bonds is 7.